The molecule has 5 aromatic rings. The molecule has 8 heteroatoms. The monoisotopic (exact) mass is 575 g/mol. The van der Waals surface area contributed by atoms with Crippen molar-refractivity contribution >= 4 is 40.4 Å². The molecule has 42 heavy (non-hydrogen) atoms. The molecule has 1 N–H and O–H groups in total. The van der Waals surface area contributed by atoms with Crippen molar-refractivity contribution in [1.82, 2.24) is 0 Å². The van der Waals surface area contributed by atoms with Crippen molar-refractivity contribution in [3.63, 3.8) is 0 Å². The van der Waals surface area contributed by atoms with E-state index in [1.54, 1.807) is 12.3 Å². The summed E-state index contributed by atoms with van der Waals surface area (Å²) in [5, 5.41) is 9.73. The number of para-hydroxylation sites is 4. The number of aromatic nitrogens is 1. The number of anilines is 1. The Kier molecular flexibility index (Phi) is 6.99. The molecule has 3 aromatic carbocycles. The quantitative estimate of drug-likeness (QED) is 0.164. The Labute approximate surface area is 246 Å². The lowest BCUT2D eigenvalue weighted by atomic mass is 9.89. The van der Waals surface area contributed by atoms with Crippen LogP contribution in [0.25, 0.3) is 17.2 Å². The van der Waals surface area contributed by atoms with Crippen LogP contribution in [0.1, 0.15) is 17.2 Å². The van der Waals surface area contributed by atoms with E-state index in [1.807, 2.05) is 89.8 Å². The van der Waals surface area contributed by atoms with Crippen LogP contribution in [0.15, 0.2) is 134 Å². The number of hydrogen-bond donors (Lipinski definition) is 1. The van der Waals surface area contributed by atoms with Crippen LogP contribution in [0.3, 0.4) is 0 Å². The second-order valence-electron chi connectivity index (χ2n) is 9.91. The number of hydrogen-bond acceptors (Lipinski definition) is 7. The van der Waals surface area contributed by atoms with E-state index in [0.717, 1.165) is 33.0 Å². The molecular formula is C34H27N2O5S+. The van der Waals surface area contributed by atoms with Crippen LogP contribution in [-0.2, 0) is 17.1 Å². The number of oxazole rings is 1. The lowest BCUT2D eigenvalue weighted by Crippen LogP contribution is -2.36. The molecule has 0 amide bonds. The van der Waals surface area contributed by atoms with Crippen LogP contribution in [-0.4, -0.2) is 24.0 Å². The van der Waals surface area contributed by atoms with Gasteiger partial charge in [-0.15, -0.1) is 11.8 Å². The predicted octanol–water partition coefficient (Wildman–Crippen LogP) is 6.25. The minimum absolute atomic E-state index is 0.0548. The Morgan fingerprint density at radius 1 is 0.905 bits per heavy atom. The first-order valence-electron chi connectivity index (χ1n) is 13.7. The Morgan fingerprint density at radius 3 is 2.55 bits per heavy atom. The van der Waals surface area contributed by atoms with Crippen LogP contribution >= 0.6 is 11.8 Å². The molecule has 0 bridgehead atoms. The van der Waals surface area contributed by atoms with Gasteiger partial charge >= 0.3 is 5.89 Å². The number of ketones is 1. The van der Waals surface area contributed by atoms with Gasteiger partial charge in [-0.3, -0.25) is 4.79 Å². The third-order valence-corrected chi connectivity index (χ3v) is 8.39. The van der Waals surface area contributed by atoms with E-state index >= 15 is 0 Å². The number of nitrogens with zero attached hydrogens (tertiary/aromatic N) is 2. The minimum atomic E-state index is -0.0975. The highest BCUT2D eigenvalue weighted by molar-refractivity contribution is 8.02. The van der Waals surface area contributed by atoms with E-state index in [4.69, 9.17) is 13.6 Å². The molecule has 0 saturated carbocycles. The average Bonchev–Trinajstić information content (AvgIpc) is 3.75. The van der Waals surface area contributed by atoms with Gasteiger partial charge in [-0.05, 0) is 30.3 Å². The number of β-amino-alcohol motifs (C(OH)–C–C–N with tert-alkyl or cyclic N) is 1. The number of ether oxygens (including phenoxy) is 1. The van der Waals surface area contributed by atoms with Crippen LogP contribution in [0, 0.1) is 0 Å². The van der Waals surface area contributed by atoms with E-state index < -0.39 is 0 Å². The normalized spacial score (nSPS) is 16.4. The molecule has 2 aliphatic rings. The zero-order valence-electron chi connectivity index (χ0n) is 22.6. The van der Waals surface area contributed by atoms with E-state index in [0.29, 0.717) is 47.5 Å². The van der Waals surface area contributed by atoms with Gasteiger partial charge in [0.1, 0.15) is 5.76 Å². The summed E-state index contributed by atoms with van der Waals surface area (Å²) in [5.41, 5.74) is 4.81. The smallest absolute Gasteiger partial charge is 0.375 e. The first kappa shape index (κ1) is 26.1. The van der Waals surface area contributed by atoms with Crippen LogP contribution in [0.2, 0.25) is 0 Å². The summed E-state index contributed by atoms with van der Waals surface area (Å²) in [6, 6.07) is 29.5. The van der Waals surface area contributed by atoms with Crippen LogP contribution in [0.5, 0.6) is 5.75 Å². The maximum Gasteiger partial charge on any atom is 0.375 e. The molecule has 2 aromatic heterocycles. The number of furan rings is 1. The van der Waals surface area contributed by atoms with Crippen molar-refractivity contribution < 1.29 is 28.0 Å². The summed E-state index contributed by atoms with van der Waals surface area (Å²) in [7, 11) is 0. The first-order valence-corrected chi connectivity index (χ1v) is 14.7. The summed E-state index contributed by atoms with van der Waals surface area (Å²) in [6.07, 6.45) is 5.26. The standard InChI is InChI=1S/C34H27N2O5S/c37-17-16-35-27-12-4-6-14-29(27)40-31(35)19-25-33(38)26(34(25)42-22-24-11-8-18-39-24)20-32-36(21-23-9-2-1-3-10-23)28-13-5-7-15-30(28)41-32/h1-15,18-20,37H,16-17,21-22H2/q+1. The van der Waals surface area contributed by atoms with Crippen LogP contribution < -0.4 is 14.2 Å². The lowest BCUT2D eigenvalue weighted by Gasteiger charge is -2.24. The molecule has 0 fully saturated rings. The van der Waals surface area contributed by atoms with Crippen molar-refractivity contribution in [2.75, 3.05) is 18.1 Å². The highest BCUT2D eigenvalue weighted by Crippen LogP contribution is 2.45. The van der Waals surface area contributed by atoms with Crippen molar-refractivity contribution in [1.29, 1.82) is 0 Å². The Morgan fingerprint density at radius 2 is 1.71 bits per heavy atom. The molecule has 7 rings (SSSR count). The Hall–Kier alpha value is -4.79. The number of carbonyl (C=O) groups is 1. The third-order valence-electron chi connectivity index (χ3n) is 7.23. The van der Waals surface area contributed by atoms with Gasteiger partial charge in [-0.2, -0.15) is 4.57 Å². The SMILES string of the molecule is O=C1C(/C=C2/Oc3ccccc3N2CCO)=C(SCc2ccco2)C/1=C\c1oc2ccccc2[n+]1Cc1ccccc1. The number of allylic oxidation sites excluding steroid dienone is 3. The zero-order valence-corrected chi connectivity index (χ0v) is 23.4. The number of Topliss-reactive ketones (excluding diaryl/α,β-unsaturated/α-hetero) is 1. The first-order chi connectivity index (χ1) is 20.7. The van der Waals surface area contributed by atoms with Crippen LogP contribution in [0.4, 0.5) is 5.69 Å². The highest BCUT2D eigenvalue weighted by Gasteiger charge is 2.37. The predicted molar refractivity (Wildman–Crippen MR) is 162 cm³/mol. The largest absolute Gasteiger partial charge is 0.468 e. The van der Waals surface area contributed by atoms with Gasteiger partial charge in [0, 0.05) is 40.3 Å². The Bertz CT molecular complexity index is 1870. The summed E-state index contributed by atoms with van der Waals surface area (Å²) < 4.78 is 20.1. The number of carbonyl (C=O) groups excluding carboxylic acids is 1. The molecule has 1 aliphatic carbocycles. The van der Waals surface area contributed by atoms with Gasteiger partial charge in [-0.1, -0.05) is 54.6 Å². The number of fused-ring (bicyclic) bond motifs is 2. The molecule has 3 heterocycles. The van der Waals surface area contributed by atoms with Gasteiger partial charge in [0.2, 0.25) is 11.5 Å². The maximum atomic E-state index is 13.8. The summed E-state index contributed by atoms with van der Waals surface area (Å²) >= 11 is 1.54. The zero-order chi connectivity index (χ0) is 28.5. The molecule has 0 radical (unpaired) electrons. The fourth-order valence-electron chi connectivity index (χ4n) is 5.22. The number of aliphatic hydroxyl groups is 1. The molecule has 0 saturated heterocycles. The van der Waals surface area contributed by atoms with Gasteiger partial charge in [0.25, 0.3) is 5.52 Å². The van der Waals surface area contributed by atoms with Crippen molar-refractivity contribution in [2.45, 2.75) is 12.3 Å². The molecule has 0 atom stereocenters. The van der Waals surface area contributed by atoms with Gasteiger partial charge in [-0.25, -0.2) is 0 Å². The molecule has 0 spiro atoms. The fourth-order valence-corrected chi connectivity index (χ4v) is 6.28. The van der Waals surface area contributed by atoms with E-state index in [1.165, 1.54) is 11.8 Å². The average molecular weight is 576 g/mol. The van der Waals surface area contributed by atoms with Gasteiger partial charge < -0.3 is 23.6 Å². The minimum Gasteiger partial charge on any atom is -0.468 e. The van der Waals surface area contributed by atoms with Gasteiger partial charge in [0.05, 0.1) is 30.4 Å². The van der Waals surface area contributed by atoms with E-state index in [2.05, 4.69) is 16.7 Å². The number of rotatable bonds is 9. The van der Waals surface area contributed by atoms with E-state index in [-0.39, 0.29) is 12.4 Å². The number of benzene rings is 3. The second-order valence-corrected chi connectivity index (χ2v) is 10.9. The Balaban J connectivity index is 1.30. The van der Waals surface area contributed by atoms with Gasteiger partial charge in [0.15, 0.2) is 18.1 Å². The summed E-state index contributed by atoms with van der Waals surface area (Å²) in [6.45, 7) is 0.893. The highest BCUT2D eigenvalue weighted by atomic mass is 32.2. The van der Waals surface area contributed by atoms with Crippen molar-refractivity contribution in [3.8, 4) is 5.75 Å². The topological polar surface area (TPSA) is 79.9 Å². The lowest BCUT2D eigenvalue weighted by molar-refractivity contribution is -0.669. The van der Waals surface area contributed by atoms with Crippen molar-refractivity contribution in [3.05, 3.63) is 142 Å². The third kappa shape index (κ3) is 4.85. The molecule has 0 unspecified atom stereocenters. The fraction of sp³-hybridized carbons (Fsp3) is 0.118. The number of thioether (sulfide) groups is 1. The maximum absolute atomic E-state index is 13.8. The van der Waals surface area contributed by atoms with E-state index in [9.17, 15) is 9.90 Å². The molecule has 208 valence electrons. The van der Waals surface area contributed by atoms with Crippen molar-refractivity contribution in [2.24, 2.45) is 0 Å². The molecule has 7 nitrogen and oxygen atoms in total. The molecular weight excluding hydrogens is 548 g/mol. The second kappa shape index (κ2) is 11.2. The summed E-state index contributed by atoms with van der Waals surface area (Å²) in [5.74, 6) is 3.07. The summed E-state index contributed by atoms with van der Waals surface area (Å²) in [4.78, 5) is 16.5. The number of aliphatic hydroxyl groups excluding tert-OH is 1. The molecule has 1 aliphatic heterocycles.